The van der Waals surface area contributed by atoms with E-state index in [1.165, 1.54) is 0 Å². The first-order valence-corrected chi connectivity index (χ1v) is 15.5. The van der Waals surface area contributed by atoms with Crippen molar-refractivity contribution in [2.75, 3.05) is 20.8 Å². The SMILES string of the molecule is CCOc1cc(C=Nc2oc(-c3ccc(OC)cc3)c(-c3ccc(OC)cc3)c2C#N)cc(I)c1OCc1ccc(Br)cc1. The second kappa shape index (κ2) is 14.5. The minimum absolute atomic E-state index is 0.202. The molecule has 0 aliphatic rings. The van der Waals surface area contributed by atoms with Gasteiger partial charge in [0.1, 0.15) is 35.5 Å². The van der Waals surface area contributed by atoms with Crippen molar-refractivity contribution in [1.82, 2.24) is 0 Å². The van der Waals surface area contributed by atoms with Gasteiger partial charge in [-0.1, -0.05) is 40.2 Å². The second-order valence-corrected chi connectivity index (χ2v) is 11.6. The third-order valence-corrected chi connectivity index (χ3v) is 8.02. The van der Waals surface area contributed by atoms with E-state index in [1.807, 2.05) is 91.9 Å². The van der Waals surface area contributed by atoms with Crippen LogP contribution < -0.4 is 18.9 Å². The maximum atomic E-state index is 10.3. The molecule has 1 heterocycles. The summed E-state index contributed by atoms with van der Waals surface area (Å²) < 4.78 is 31.0. The van der Waals surface area contributed by atoms with Crippen LogP contribution in [0.15, 0.2) is 98.8 Å². The van der Waals surface area contributed by atoms with Crippen molar-refractivity contribution in [2.24, 2.45) is 4.99 Å². The largest absolute Gasteiger partial charge is 0.497 e. The highest BCUT2D eigenvalue weighted by Crippen LogP contribution is 2.43. The van der Waals surface area contributed by atoms with Gasteiger partial charge in [-0.05, 0) is 107 Å². The maximum absolute atomic E-state index is 10.3. The third-order valence-electron chi connectivity index (χ3n) is 6.69. The van der Waals surface area contributed by atoms with E-state index in [-0.39, 0.29) is 5.88 Å². The Bertz CT molecular complexity index is 1810. The van der Waals surface area contributed by atoms with Crippen LogP contribution in [0, 0.1) is 14.9 Å². The first-order valence-electron chi connectivity index (χ1n) is 13.7. The van der Waals surface area contributed by atoms with Crippen LogP contribution in [-0.4, -0.2) is 27.0 Å². The van der Waals surface area contributed by atoms with Crippen molar-refractivity contribution in [1.29, 1.82) is 5.26 Å². The van der Waals surface area contributed by atoms with Gasteiger partial charge in [-0.15, -0.1) is 0 Å². The minimum atomic E-state index is 0.202. The molecule has 0 radical (unpaired) electrons. The highest BCUT2D eigenvalue weighted by atomic mass is 127. The van der Waals surface area contributed by atoms with Gasteiger partial charge >= 0.3 is 0 Å². The molecule has 0 bridgehead atoms. The number of methoxy groups -OCH3 is 2. The Morgan fingerprint density at radius 3 is 2.11 bits per heavy atom. The molecule has 0 aliphatic carbocycles. The van der Waals surface area contributed by atoms with Crippen LogP contribution in [0.3, 0.4) is 0 Å². The van der Waals surface area contributed by atoms with Crippen LogP contribution in [0.1, 0.15) is 23.6 Å². The lowest BCUT2D eigenvalue weighted by atomic mass is 9.98. The molecule has 0 N–H and O–H groups in total. The standard InChI is InChI=1S/C35H28BrIN2O5/c1-4-42-31-18-23(17-30(37)34(31)43-21-22-5-11-26(36)12-6-22)20-39-35-29(19-38)32(24-7-13-27(40-2)14-8-24)33(44-35)25-9-15-28(41-3)16-10-25/h5-18,20H,4,21H2,1-3H3. The van der Waals surface area contributed by atoms with Gasteiger partial charge in [0.05, 0.1) is 24.4 Å². The Labute approximate surface area is 278 Å². The summed E-state index contributed by atoms with van der Waals surface area (Å²) in [6.45, 7) is 2.80. The van der Waals surface area contributed by atoms with Gasteiger partial charge in [0, 0.05) is 21.8 Å². The van der Waals surface area contributed by atoms with E-state index in [1.54, 1.807) is 20.4 Å². The fourth-order valence-corrected chi connectivity index (χ4v) is 5.57. The summed E-state index contributed by atoms with van der Waals surface area (Å²) in [5, 5.41) is 10.3. The van der Waals surface area contributed by atoms with E-state index >= 15 is 0 Å². The number of hydrogen-bond acceptors (Lipinski definition) is 7. The number of rotatable bonds is 11. The van der Waals surface area contributed by atoms with Crippen molar-refractivity contribution in [2.45, 2.75) is 13.5 Å². The van der Waals surface area contributed by atoms with Gasteiger partial charge in [0.15, 0.2) is 11.5 Å². The molecule has 44 heavy (non-hydrogen) atoms. The lowest BCUT2D eigenvalue weighted by Crippen LogP contribution is -2.02. The zero-order valence-corrected chi connectivity index (χ0v) is 28.0. The minimum Gasteiger partial charge on any atom is -0.497 e. The lowest BCUT2D eigenvalue weighted by molar-refractivity contribution is 0.267. The monoisotopic (exact) mass is 762 g/mol. The van der Waals surface area contributed by atoms with E-state index < -0.39 is 0 Å². The topological polar surface area (TPSA) is 86.2 Å². The van der Waals surface area contributed by atoms with E-state index in [0.717, 1.165) is 30.3 Å². The quantitative estimate of drug-likeness (QED) is 0.0985. The van der Waals surface area contributed by atoms with Crippen molar-refractivity contribution in [3.8, 4) is 51.5 Å². The molecule has 0 saturated carbocycles. The highest BCUT2D eigenvalue weighted by molar-refractivity contribution is 14.1. The van der Waals surface area contributed by atoms with Crippen molar-refractivity contribution in [3.05, 3.63) is 110 Å². The molecular formula is C35H28BrIN2O5. The molecule has 4 aromatic carbocycles. The second-order valence-electron chi connectivity index (χ2n) is 9.49. The molecule has 0 unspecified atom stereocenters. The molecule has 0 spiro atoms. The Morgan fingerprint density at radius 1 is 0.886 bits per heavy atom. The summed E-state index contributed by atoms with van der Waals surface area (Å²) in [5.41, 5.74) is 4.37. The molecule has 0 atom stereocenters. The average molecular weight is 763 g/mol. The molecule has 0 aliphatic heterocycles. The van der Waals surface area contributed by atoms with Gasteiger partial charge in [0.2, 0.25) is 5.88 Å². The van der Waals surface area contributed by atoms with Crippen LogP contribution in [0.2, 0.25) is 0 Å². The summed E-state index contributed by atoms with van der Waals surface area (Å²) >= 11 is 5.70. The van der Waals surface area contributed by atoms with Crippen LogP contribution in [-0.2, 0) is 6.61 Å². The molecule has 0 fully saturated rings. The van der Waals surface area contributed by atoms with Crippen molar-refractivity contribution >= 4 is 50.6 Å². The normalized spacial score (nSPS) is 10.9. The predicted octanol–water partition coefficient (Wildman–Crippen LogP) is 9.60. The number of halogens is 2. The van der Waals surface area contributed by atoms with Crippen LogP contribution in [0.4, 0.5) is 5.88 Å². The molecule has 0 saturated heterocycles. The van der Waals surface area contributed by atoms with E-state index in [2.05, 4.69) is 49.6 Å². The summed E-state index contributed by atoms with van der Waals surface area (Å²) in [7, 11) is 3.23. The van der Waals surface area contributed by atoms with Crippen LogP contribution >= 0.6 is 38.5 Å². The smallest absolute Gasteiger partial charge is 0.238 e. The molecular weight excluding hydrogens is 735 g/mol. The van der Waals surface area contributed by atoms with Gasteiger partial charge < -0.3 is 23.4 Å². The molecule has 5 rings (SSSR count). The zero-order valence-electron chi connectivity index (χ0n) is 24.3. The summed E-state index contributed by atoms with van der Waals surface area (Å²) in [6.07, 6.45) is 1.67. The van der Waals surface area contributed by atoms with Crippen molar-refractivity contribution in [3.63, 3.8) is 0 Å². The summed E-state index contributed by atoms with van der Waals surface area (Å²) in [4.78, 5) is 4.65. The number of hydrogen-bond donors (Lipinski definition) is 0. The van der Waals surface area contributed by atoms with Crippen molar-refractivity contribution < 1.29 is 23.4 Å². The van der Waals surface area contributed by atoms with Gasteiger partial charge in [-0.2, -0.15) is 5.26 Å². The Balaban J connectivity index is 1.52. The molecule has 0 amide bonds. The number of furan rings is 1. The molecule has 9 heteroatoms. The van der Waals surface area contributed by atoms with E-state index in [9.17, 15) is 5.26 Å². The fraction of sp³-hybridized carbons (Fsp3) is 0.143. The number of aliphatic imine (C=N–C) groups is 1. The predicted molar refractivity (Wildman–Crippen MR) is 183 cm³/mol. The zero-order chi connectivity index (χ0) is 31.1. The number of nitriles is 1. The van der Waals surface area contributed by atoms with Crippen LogP contribution in [0.5, 0.6) is 23.0 Å². The summed E-state index contributed by atoms with van der Waals surface area (Å²) in [6, 6.07) is 29.1. The first-order chi connectivity index (χ1) is 21.4. The molecule has 1 aromatic heterocycles. The molecule has 5 aromatic rings. The van der Waals surface area contributed by atoms with E-state index in [0.29, 0.717) is 53.1 Å². The molecule has 222 valence electrons. The van der Waals surface area contributed by atoms with Gasteiger partial charge in [-0.25, -0.2) is 4.99 Å². The first kappa shape index (κ1) is 31.2. The highest BCUT2D eigenvalue weighted by Gasteiger charge is 2.23. The maximum Gasteiger partial charge on any atom is 0.238 e. The Hall–Kier alpha value is -4.27. The average Bonchev–Trinajstić information content (AvgIpc) is 3.43. The Morgan fingerprint density at radius 2 is 1.52 bits per heavy atom. The molecule has 7 nitrogen and oxygen atoms in total. The Kier molecular flexibility index (Phi) is 10.2. The number of benzene rings is 4. The third kappa shape index (κ3) is 7.09. The number of ether oxygens (including phenoxy) is 4. The summed E-state index contributed by atoms with van der Waals surface area (Å²) in [5.74, 6) is 3.43. The van der Waals surface area contributed by atoms with Gasteiger partial charge in [0.25, 0.3) is 0 Å². The van der Waals surface area contributed by atoms with Gasteiger partial charge in [-0.3, -0.25) is 0 Å². The number of nitrogens with zero attached hydrogens (tertiary/aromatic N) is 2. The fourth-order valence-electron chi connectivity index (χ4n) is 4.53. The van der Waals surface area contributed by atoms with Crippen LogP contribution in [0.25, 0.3) is 22.5 Å². The lowest BCUT2D eigenvalue weighted by Gasteiger charge is -2.14. The van der Waals surface area contributed by atoms with E-state index in [4.69, 9.17) is 23.4 Å².